The number of hydrogen-bond acceptors (Lipinski definition) is 4. The van der Waals surface area contributed by atoms with E-state index in [4.69, 9.17) is 17.0 Å². The third-order valence-electron chi connectivity index (χ3n) is 9.97. The average Bonchev–Trinajstić information content (AvgIpc) is 3.22. The highest BCUT2D eigenvalue weighted by Crippen LogP contribution is 2.60. The van der Waals surface area contributed by atoms with E-state index in [1.54, 1.807) is 24.3 Å². The predicted octanol–water partition coefficient (Wildman–Crippen LogP) is 6.40. The molecule has 1 N–H and O–H groups in total. The Morgan fingerprint density at radius 3 is 2.22 bits per heavy atom. The van der Waals surface area contributed by atoms with Gasteiger partial charge < -0.3 is 9.30 Å². The summed E-state index contributed by atoms with van der Waals surface area (Å²) in [6.45, 7) is 4.08. The molecular formula is C34H35N3O3S. The molecule has 0 atom stereocenters. The van der Waals surface area contributed by atoms with Gasteiger partial charge >= 0.3 is 0 Å². The number of carbonyl (C=O) groups is 2. The molecule has 0 unspecified atom stereocenters. The lowest BCUT2D eigenvalue weighted by atomic mass is 9.48. The first-order chi connectivity index (χ1) is 19.8. The van der Waals surface area contributed by atoms with Gasteiger partial charge in [0.05, 0.1) is 12.8 Å². The van der Waals surface area contributed by atoms with Gasteiger partial charge in [-0.05, 0) is 135 Å². The number of methoxy groups -OCH3 is 1. The van der Waals surface area contributed by atoms with Gasteiger partial charge in [-0.15, -0.1) is 0 Å². The molecule has 5 aliphatic rings. The Balaban J connectivity index is 1.20. The Kier molecular flexibility index (Phi) is 6.19. The SMILES string of the molecule is COc1ccccc1N1C(=O)/C(=C/c2cc(C)n(-c3ccc(C45CC6CC(CC(C6)C4)C5)cc3)c2C)C(=O)NC1=S. The number of carbonyl (C=O) groups excluding carboxylic acids is 2. The fourth-order valence-corrected chi connectivity index (χ4v) is 8.88. The van der Waals surface area contributed by atoms with Gasteiger partial charge in [-0.1, -0.05) is 24.3 Å². The summed E-state index contributed by atoms with van der Waals surface area (Å²) >= 11 is 5.38. The normalized spacial score (nSPS) is 28.0. The summed E-state index contributed by atoms with van der Waals surface area (Å²) in [7, 11) is 1.54. The van der Waals surface area contributed by atoms with Crippen molar-refractivity contribution in [3.63, 3.8) is 0 Å². The quantitative estimate of drug-likeness (QED) is 0.221. The molecule has 1 saturated heterocycles. The van der Waals surface area contributed by atoms with E-state index in [0.29, 0.717) is 16.9 Å². The first-order valence-corrected chi connectivity index (χ1v) is 15.0. The fourth-order valence-electron chi connectivity index (χ4n) is 8.61. The number of nitrogens with zero attached hydrogens (tertiary/aromatic N) is 2. The second kappa shape index (κ2) is 9.69. The van der Waals surface area contributed by atoms with Crippen LogP contribution in [-0.2, 0) is 15.0 Å². The third-order valence-corrected chi connectivity index (χ3v) is 10.3. The highest BCUT2D eigenvalue weighted by molar-refractivity contribution is 7.80. The number of amides is 2. The van der Waals surface area contributed by atoms with Gasteiger partial charge in [-0.25, -0.2) is 4.90 Å². The number of nitrogens with one attached hydrogen (secondary N) is 1. The molecule has 8 rings (SSSR count). The van der Waals surface area contributed by atoms with Crippen LogP contribution in [0.1, 0.15) is 61.0 Å². The number of para-hydroxylation sites is 2. The van der Waals surface area contributed by atoms with Crippen LogP contribution in [-0.4, -0.2) is 28.6 Å². The fraction of sp³-hybridized carbons (Fsp3) is 0.382. The molecule has 1 aliphatic heterocycles. The lowest BCUT2D eigenvalue weighted by Gasteiger charge is -2.57. The summed E-state index contributed by atoms with van der Waals surface area (Å²) < 4.78 is 7.65. The highest BCUT2D eigenvalue weighted by atomic mass is 32.1. The second-order valence-electron chi connectivity index (χ2n) is 12.5. The summed E-state index contributed by atoms with van der Waals surface area (Å²) in [6.07, 6.45) is 10.1. The molecule has 3 aromatic rings. The Hall–Kier alpha value is -3.71. The minimum atomic E-state index is -0.504. The van der Waals surface area contributed by atoms with E-state index >= 15 is 0 Å². The molecule has 41 heavy (non-hydrogen) atoms. The number of benzene rings is 2. The van der Waals surface area contributed by atoms with Crippen molar-refractivity contribution in [3.8, 4) is 11.4 Å². The lowest BCUT2D eigenvalue weighted by Crippen LogP contribution is -2.54. The van der Waals surface area contributed by atoms with E-state index in [1.807, 2.05) is 19.1 Å². The number of thiocarbonyl (C=S) groups is 1. The molecule has 0 spiro atoms. The molecule has 5 fully saturated rings. The van der Waals surface area contributed by atoms with Crippen LogP contribution < -0.4 is 15.0 Å². The van der Waals surface area contributed by atoms with Crippen LogP contribution in [0.5, 0.6) is 5.75 Å². The van der Waals surface area contributed by atoms with E-state index in [0.717, 1.165) is 40.4 Å². The van der Waals surface area contributed by atoms with Gasteiger partial charge in [0, 0.05) is 17.1 Å². The van der Waals surface area contributed by atoms with Crippen molar-refractivity contribution in [1.29, 1.82) is 0 Å². The van der Waals surface area contributed by atoms with Crippen molar-refractivity contribution in [3.05, 3.63) is 82.7 Å². The van der Waals surface area contributed by atoms with Gasteiger partial charge in [0.1, 0.15) is 11.3 Å². The number of anilines is 1. The Labute approximate surface area is 246 Å². The zero-order chi connectivity index (χ0) is 28.5. The molecule has 4 saturated carbocycles. The van der Waals surface area contributed by atoms with E-state index in [1.165, 1.54) is 56.1 Å². The summed E-state index contributed by atoms with van der Waals surface area (Å²) in [4.78, 5) is 27.9. The summed E-state index contributed by atoms with van der Waals surface area (Å²) in [5.41, 5.74) is 6.30. The minimum Gasteiger partial charge on any atom is -0.495 e. The molecule has 6 nitrogen and oxygen atoms in total. The Bertz CT molecular complexity index is 1580. The van der Waals surface area contributed by atoms with Crippen LogP contribution in [0.25, 0.3) is 11.8 Å². The number of ether oxygens (including phenoxy) is 1. The Morgan fingerprint density at radius 1 is 0.951 bits per heavy atom. The first kappa shape index (κ1) is 26.2. The lowest BCUT2D eigenvalue weighted by molar-refractivity contribution is -0.122. The van der Waals surface area contributed by atoms with E-state index in [9.17, 15) is 9.59 Å². The van der Waals surface area contributed by atoms with Crippen LogP contribution in [0.3, 0.4) is 0 Å². The molecule has 7 heteroatoms. The van der Waals surface area contributed by atoms with E-state index in [-0.39, 0.29) is 10.7 Å². The zero-order valence-corrected chi connectivity index (χ0v) is 24.6. The minimum absolute atomic E-state index is 0.0296. The van der Waals surface area contributed by atoms with Gasteiger partial charge in [-0.2, -0.15) is 0 Å². The topological polar surface area (TPSA) is 63.6 Å². The molecule has 2 amide bonds. The monoisotopic (exact) mass is 565 g/mol. The van der Waals surface area contributed by atoms with E-state index < -0.39 is 11.8 Å². The van der Waals surface area contributed by atoms with Crippen molar-refractivity contribution in [2.45, 2.75) is 57.8 Å². The zero-order valence-electron chi connectivity index (χ0n) is 23.8. The van der Waals surface area contributed by atoms with E-state index in [2.05, 4.69) is 41.1 Å². The van der Waals surface area contributed by atoms with Gasteiger partial charge in [0.15, 0.2) is 5.11 Å². The van der Waals surface area contributed by atoms with Gasteiger partial charge in [0.25, 0.3) is 11.8 Å². The Morgan fingerprint density at radius 2 is 1.59 bits per heavy atom. The van der Waals surface area contributed by atoms with Crippen molar-refractivity contribution in [2.75, 3.05) is 12.0 Å². The van der Waals surface area contributed by atoms with Crippen LogP contribution in [0.2, 0.25) is 0 Å². The number of hydrogen-bond donors (Lipinski definition) is 1. The molecule has 4 aliphatic carbocycles. The summed E-state index contributed by atoms with van der Waals surface area (Å²) in [5, 5.41) is 2.71. The van der Waals surface area contributed by atoms with Crippen LogP contribution >= 0.6 is 12.2 Å². The number of rotatable bonds is 5. The van der Waals surface area contributed by atoms with Crippen molar-refractivity contribution in [1.82, 2.24) is 9.88 Å². The number of aryl methyl sites for hydroxylation is 1. The van der Waals surface area contributed by atoms with Gasteiger partial charge in [0.2, 0.25) is 0 Å². The molecule has 210 valence electrons. The maximum Gasteiger partial charge on any atom is 0.270 e. The van der Waals surface area contributed by atoms with Crippen LogP contribution in [0.15, 0.2) is 60.2 Å². The van der Waals surface area contributed by atoms with Gasteiger partial charge in [-0.3, -0.25) is 14.9 Å². The number of aromatic nitrogens is 1. The molecule has 4 bridgehead atoms. The van der Waals surface area contributed by atoms with Crippen molar-refractivity contribution in [2.24, 2.45) is 17.8 Å². The second-order valence-corrected chi connectivity index (χ2v) is 12.9. The standard InChI is InChI=1S/C34H35N3O3S/c1-20-12-25(16-28-31(38)35-33(41)37(32(28)39)29-6-4-5-7-30(29)40-3)21(2)36(20)27-10-8-26(9-11-27)34-17-22-13-23(18-34)15-24(14-22)19-34/h4-12,16,22-24H,13-15,17-19H2,1-3H3,(H,35,38,41)/b28-16+. The maximum absolute atomic E-state index is 13.6. The van der Waals surface area contributed by atoms with Crippen LogP contribution in [0, 0.1) is 31.6 Å². The van der Waals surface area contributed by atoms with Crippen LogP contribution in [0.4, 0.5) is 5.69 Å². The smallest absolute Gasteiger partial charge is 0.270 e. The summed E-state index contributed by atoms with van der Waals surface area (Å²) in [6, 6.07) is 18.3. The molecule has 1 aromatic heterocycles. The average molecular weight is 566 g/mol. The maximum atomic E-state index is 13.6. The molecule has 2 aromatic carbocycles. The first-order valence-electron chi connectivity index (χ1n) is 14.6. The third kappa shape index (κ3) is 4.24. The van der Waals surface area contributed by atoms with Crippen molar-refractivity contribution < 1.29 is 14.3 Å². The molecule has 2 heterocycles. The largest absolute Gasteiger partial charge is 0.495 e. The van der Waals surface area contributed by atoms with Crippen molar-refractivity contribution >= 4 is 40.9 Å². The predicted molar refractivity (Wildman–Crippen MR) is 164 cm³/mol. The highest BCUT2D eigenvalue weighted by Gasteiger charge is 2.51. The summed E-state index contributed by atoms with van der Waals surface area (Å²) in [5.74, 6) is 2.26. The molecule has 0 radical (unpaired) electrons. The molecular weight excluding hydrogens is 530 g/mol.